The van der Waals surface area contributed by atoms with E-state index < -0.39 is 5.97 Å². The average Bonchev–Trinajstić information content (AvgIpc) is 2.83. The van der Waals surface area contributed by atoms with E-state index in [0.717, 1.165) is 11.1 Å². The van der Waals surface area contributed by atoms with Crippen LogP contribution in [-0.4, -0.2) is 27.6 Å². The topological polar surface area (TPSA) is 89.8 Å². The van der Waals surface area contributed by atoms with Crippen molar-refractivity contribution < 1.29 is 14.6 Å². The van der Waals surface area contributed by atoms with Gasteiger partial charge in [0.2, 0.25) is 0 Å². The fourth-order valence-corrected chi connectivity index (χ4v) is 2.40. The van der Waals surface area contributed by atoms with Crippen LogP contribution in [0.15, 0.2) is 36.5 Å². The highest BCUT2D eigenvalue weighted by atomic mass is 16.5. The molecule has 3 N–H and O–H groups in total. The van der Waals surface area contributed by atoms with Crippen LogP contribution >= 0.6 is 0 Å². The van der Waals surface area contributed by atoms with Crippen LogP contribution in [0.4, 0.5) is 5.82 Å². The third-order valence-electron chi connectivity index (χ3n) is 3.52. The SMILES string of the molecule is COc1ccc(C)cc1-c1nc2cc(C(=O)O)ccn2c1N. The van der Waals surface area contributed by atoms with Crippen LogP contribution in [0.5, 0.6) is 5.75 Å². The largest absolute Gasteiger partial charge is 0.496 e. The summed E-state index contributed by atoms with van der Waals surface area (Å²) in [5.74, 6) is 0.105. The van der Waals surface area contributed by atoms with Crippen molar-refractivity contribution in [1.82, 2.24) is 9.38 Å². The first-order chi connectivity index (χ1) is 10.5. The predicted molar refractivity (Wildman–Crippen MR) is 83.3 cm³/mol. The van der Waals surface area contributed by atoms with Crippen molar-refractivity contribution in [1.29, 1.82) is 0 Å². The van der Waals surface area contributed by atoms with Crippen LogP contribution in [-0.2, 0) is 0 Å². The van der Waals surface area contributed by atoms with Gasteiger partial charge in [0.15, 0.2) is 0 Å². The van der Waals surface area contributed by atoms with Crippen molar-refractivity contribution in [3.63, 3.8) is 0 Å². The van der Waals surface area contributed by atoms with Gasteiger partial charge >= 0.3 is 5.97 Å². The minimum Gasteiger partial charge on any atom is -0.496 e. The zero-order valence-corrected chi connectivity index (χ0v) is 12.2. The number of hydrogen-bond acceptors (Lipinski definition) is 4. The van der Waals surface area contributed by atoms with Gasteiger partial charge in [-0.25, -0.2) is 9.78 Å². The molecular weight excluding hydrogens is 282 g/mol. The second-order valence-electron chi connectivity index (χ2n) is 5.00. The molecule has 112 valence electrons. The second kappa shape index (κ2) is 5.07. The van der Waals surface area contributed by atoms with Crippen LogP contribution in [0.25, 0.3) is 16.9 Å². The lowest BCUT2D eigenvalue weighted by molar-refractivity contribution is 0.0697. The molecule has 22 heavy (non-hydrogen) atoms. The van der Waals surface area contributed by atoms with Crippen LogP contribution in [0.3, 0.4) is 0 Å². The summed E-state index contributed by atoms with van der Waals surface area (Å²) >= 11 is 0. The molecule has 0 bridgehead atoms. The Morgan fingerprint density at radius 1 is 1.32 bits per heavy atom. The Hall–Kier alpha value is -3.02. The van der Waals surface area contributed by atoms with E-state index >= 15 is 0 Å². The molecule has 0 radical (unpaired) electrons. The van der Waals surface area contributed by atoms with E-state index in [4.69, 9.17) is 15.6 Å². The van der Waals surface area contributed by atoms with Crippen molar-refractivity contribution in [2.75, 3.05) is 12.8 Å². The molecule has 0 fully saturated rings. The lowest BCUT2D eigenvalue weighted by atomic mass is 10.1. The van der Waals surface area contributed by atoms with Gasteiger partial charge in [-0.15, -0.1) is 0 Å². The quantitative estimate of drug-likeness (QED) is 0.775. The number of methoxy groups -OCH3 is 1. The van der Waals surface area contributed by atoms with Gasteiger partial charge in [0.25, 0.3) is 0 Å². The molecule has 3 rings (SSSR count). The van der Waals surface area contributed by atoms with Gasteiger partial charge in [0.05, 0.1) is 12.7 Å². The van der Waals surface area contributed by atoms with Crippen molar-refractivity contribution in [3.8, 4) is 17.0 Å². The molecule has 0 unspecified atom stereocenters. The maximum absolute atomic E-state index is 11.1. The smallest absolute Gasteiger partial charge is 0.335 e. The molecular formula is C16H15N3O3. The third-order valence-corrected chi connectivity index (χ3v) is 3.52. The lowest BCUT2D eigenvalue weighted by Crippen LogP contribution is -1.99. The zero-order chi connectivity index (χ0) is 15.9. The Balaban J connectivity index is 2.26. The van der Waals surface area contributed by atoms with Gasteiger partial charge in [-0.05, 0) is 31.2 Å². The first kappa shape index (κ1) is 13.9. The Kier molecular flexibility index (Phi) is 3.21. The molecule has 0 aliphatic rings. The number of hydrogen-bond donors (Lipinski definition) is 2. The Bertz CT molecular complexity index is 884. The molecule has 0 spiro atoms. The molecule has 3 aromatic rings. The van der Waals surface area contributed by atoms with E-state index in [2.05, 4.69) is 4.98 Å². The molecule has 0 saturated carbocycles. The summed E-state index contributed by atoms with van der Waals surface area (Å²) in [6, 6.07) is 8.72. The van der Waals surface area contributed by atoms with Gasteiger partial charge in [-0.3, -0.25) is 4.40 Å². The zero-order valence-electron chi connectivity index (χ0n) is 12.2. The highest BCUT2D eigenvalue weighted by molar-refractivity contribution is 5.89. The number of aromatic carboxylic acids is 1. The Morgan fingerprint density at radius 2 is 2.09 bits per heavy atom. The Labute approximate surface area is 126 Å². The molecule has 0 amide bonds. The van der Waals surface area contributed by atoms with Gasteiger partial charge in [-0.2, -0.15) is 0 Å². The fraction of sp³-hybridized carbons (Fsp3) is 0.125. The normalized spacial score (nSPS) is 10.8. The molecule has 0 atom stereocenters. The van der Waals surface area contributed by atoms with E-state index in [9.17, 15) is 4.79 Å². The highest BCUT2D eigenvalue weighted by Crippen LogP contribution is 2.34. The number of imidazole rings is 1. The molecule has 0 saturated heterocycles. The number of nitrogen functional groups attached to an aromatic ring is 1. The van der Waals surface area contributed by atoms with E-state index in [1.54, 1.807) is 17.7 Å². The fourth-order valence-electron chi connectivity index (χ4n) is 2.40. The Morgan fingerprint density at radius 3 is 2.77 bits per heavy atom. The van der Waals surface area contributed by atoms with Crippen LogP contribution < -0.4 is 10.5 Å². The van der Waals surface area contributed by atoms with E-state index in [1.807, 2.05) is 25.1 Å². The second-order valence-corrected chi connectivity index (χ2v) is 5.00. The van der Waals surface area contributed by atoms with Crippen molar-refractivity contribution in [3.05, 3.63) is 47.7 Å². The number of nitrogens with two attached hydrogens (primary N) is 1. The van der Waals surface area contributed by atoms with Gasteiger partial charge in [0, 0.05) is 11.8 Å². The van der Waals surface area contributed by atoms with Crippen LogP contribution in [0, 0.1) is 6.92 Å². The minimum absolute atomic E-state index is 0.167. The summed E-state index contributed by atoms with van der Waals surface area (Å²) in [7, 11) is 1.59. The summed E-state index contributed by atoms with van der Waals surface area (Å²) in [5.41, 5.74) is 9.22. The number of pyridine rings is 1. The van der Waals surface area contributed by atoms with Crippen molar-refractivity contribution in [2.45, 2.75) is 6.92 Å². The molecule has 0 aliphatic heterocycles. The summed E-state index contributed by atoms with van der Waals surface area (Å²) in [4.78, 5) is 15.5. The molecule has 6 heteroatoms. The van der Waals surface area contributed by atoms with Crippen LogP contribution in [0.2, 0.25) is 0 Å². The average molecular weight is 297 g/mol. The number of aromatic nitrogens is 2. The first-order valence-corrected chi connectivity index (χ1v) is 6.67. The number of ether oxygens (including phenoxy) is 1. The number of rotatable bonds is 3. The lowest BCUT2D eigenvalue weighted by Gasteiger charge is -2.08. The third kappa shape index (κ3) is 2.14. The number of fused-ring (bicyclic) bond motifs is 1. The predicted octanol–water partition coefficient (Wildman–Crippen LogP) is 2.60. The van der Waals surface area contributed by atoms with E-state index in [-0.39, 0.29) is 5.56 Å². The van der Waals surface area contributed by atoms with Crippen molar-refractivity contribution in [2.24, 2.45) is 0 Å². The van der Waals surface area contributed by atoms with E-state index in [1.165, 1.54) is 12.1 Å². The maximum Gasteiger partial charge on any atom is 0.335 e. The molecule has 1 aromatic carbocycles. The van der Waals surface area contributed by atoms with Crippen molar-refractivity contribution >= 4 is 17.4 Å². The number of carboxylic acids is 1. The number of anilines is 1. The molecule has 2 heterocycles. The summed E-state index contributed by atoms with van der Waals surface area (Å²) in [6.45, 7) is 1.97. The highest BCUT2D eigenvalue weighted by Gasteiger charge is 2.16. The van der Waals surface area contributed by atoms with Crippen LogP contribution in [0.1, 0.15) is 15.9 Å². The molecule has 2 aromatic heterocycles. The molecule has 0 aliphatic carbocycles. The molecule has 6 nitrogen and oxygen atoms in total. The number of carboxylic acid groups (broad SMARTS) is 1. The number of aryl methyl sites for hydroxylation is 1. The summed E-state index contributed by atoms with van der Waals surface area (Å²) in [5, 5.41) is 9.07. The van der Waals surface area contributed by atoms with Gasteiger partial charge in [0.1, 0.15) is 22.9 Å². The monoisotopic (exact) mass is 297 g/mol. The minimum atomic E-state index is -1.00. The number of carbonyl (C=O) groups is 1. The maximum atomic E-state index is 11.1. The van der Waals surface area contributed by atoms with Gasteiger partial charge < -0.3 is 15.6 Å². The summed E-state index contributed by atoms with van der Waals surface area (Å²) < 4.78 is 7.03. The number of nitrogens with zero attached hydrogens (tertiary/aromatic N) is 2. The van der Waals surface area contributed by atoms with Gasteiger partial charge in [-0.1, -0.05) is 11.6 Å². The number of benzene rings is 1. The first-order valence-electron chi connectivity index (χ1n) is 6.67. The summed E-state index contributed by atoms with van der Waals surface area (Å²) in [6.07, 6.45) is 1.60. The standard InChI is InChI=1S/C16H15N3O3/c1-9-3-4-12(22-2)11(7-9)14-15(17)19-6-5-10(16(20)21)8-13(19)18-14/h3-8H,17H2,1-2H3,(H,20,21). The van der Waals surface area contributed by atoms with E-state index in [0.29, 0.717) is 22.9 Å².